The zero-order chi connectivity index (χ0) is 20.7. The topological polar surface area (TPSA) is 67.4 Å². The number of amides is 2. The van der Waals surface area contributed by atoms with Crippen LogP contribution < -0.4 is 15.4 Å². The van der Waals surface area contributed by atoms with Gasteiger partial charge in [-0.3, -0.25) is 9.59 Å². The predicted octanol–water partition coefficient (Wildman–Crippen LogP) is 4.63. The minimum absolute atomic E-state index is 0.0623. The van der Waals surface area contributed by atoms with Gasteiger partial charge in [0.1, 0.15) is 5.75 Å². The largest absolute Gasteiger partial charge is 0.480 e. The Kier molecular flexibility index (Phi) is 7.61. The van der Waals surface area contributed by atoms with E-state index in [1.54, 1.807) is 24.3 Å². The minimum atomic E-state index is -0.647. The highest BCUT2D eigenvalue weighted by atomic mass is 16.5. The number of hydrogen-bond donors (Lipinski definition) is 2. The Morgan fingerprint density at radius 3 is 2.39 bits per heavy atom. The van der Waals surface area contributed by atoms with Crippen LogP contribution in [0.3, 0.4) is 0 Å². The van der Waals surface area contributed by atoms with Crippen LogP contribution in [0, 0.1) is 13.8 Å². The van der Waals surface area contributed by atoms with Crippen LogP contribution in [0.15, 0.2) is 42.5 Å². The number of anilines is 1. The molecule has 2 aromatic rings. The fourth-order valence-electron chi connectivity index (χ4n) is 2.73. The van der Waals surface area contributed by atoms with Crippen molar-refractivity contribution in [3.05, 3.63) is 59.2 Å². The van der Waals surface area contributed by atoms with Crippen molar-refractivity contribution in [3.8, 4) is 5.75 Å². The normalized spacial score (nSPS) is 12.8. The molecule has 0 aliphatic heterocycles. The van der Waals surface area contributed by atoms with Gasteiger partial charge in [-0.05, 0) is 62.9 Å². The van der Waals surface area contributed by atoms with Crippen LogP contribution in [0.2, 0.25) is 0 Å². The number of benzene rings is 2. The molecule has 2 atom stereocenters. The highest BCUT2D eigenvalue weighted by Crippen LogP contribution is 2.23. The second-order valence-electron chi connectivity index (χ2n) is 7.03. The van der Waals surface area contributed by atoms with Gasteiger partial charge in [0.15, 0.2) is 6.10 Å². The zero-order valence-electron chi connectivity index (χ0n) is 17.3. The van der Waals surface area contributed by atoms with Crippen LogP contribution in [0.4, 0.5) is 5.69 Å². The van der Waals surface area contributed by atoms with Crippen molar-refractivity contribution in [1.82, 2.24) is 5.32 Å². The molecule has 0 radical (unpaired) electrons. The summed E-state index contributed by atoms with van der Waals surface area (Å²) in [6, 6.07) is 12.9. The maximum atomic E-state index is 12.8. The average Bonchev–Trinajstić information content (AvgIpc) is 2.69. The summed E-state index contributed by atoms with van der Waals surface area (Å²) in [6.07, 6.45) is 0.702. The van der Waals surface area contributed by atoms with E-state index in [4.69, 9.17) is 4.74 Å². The van der Waals surface area contributed by atoms with Crippen LogP contribution in [0.1, 0.15) is 55.1 Å². The summed E-state index contributed by atoms with van der Waals surface area (Å²) in [5, 5.41) is 5.80. The summed E-state index contributed by atoms with van der Waals surface area (Å²) in [7, 11) is 0. The third-order valence-corrected chi connectivity index (χ3v) is 4.91. The molecule has 0 unspecified atom stereocenters. The Balaban J connectivity index is 2.16. The van der Waals surface area contributed by atoms with Gasteiger partial charge in [0.25, 0.3) is 11.8 Å². The lowest BCUT2D eigenvalue weighted by atomic mass is 10.1. The Morgan fingerprint density at radius 1 is 1.00 bits per heavy atom. The molecule has 0 saturated heterocycles. The fraction of sp³-hybridized carbons (Fsp3) is 0.391. The molecular formula is C23H30N2O3. The molecule has 0 saturated carbocycles. The van der Waals surface area contributed by atoms with E-state index in [2.05, 4.69) is 10.6 Å². The molecule has 2 rings (SSSR count). The van der Waals surface area contributed by atoms with Crippen LogP contribution in [0.25, 0.3) is 0 Å². The number of ether oxygens (including phenoxy) is 1. The number of carbonyl (C=O) groups is 2. The van der Waals surface area contributed by atoms with Gasteiger partial charge in [-0.2, -0.15) is 0 Å². The molecule has 28 heavy (non-hydrogen) atoms. The van der Waals surface area contributed by atoms with E-state index in [1.807, 2.05) is 52.8 Å². The number of nitrogens with one attached hydrogen (secondary N) is 2. The number of carbonyl (C=O) groups excluding carboxylic acids is 2. The summed E-state index contributed by atoms with van der Waals surface area (Å²) in [6.45, 7) is 9.84. The fourth-order valence-corrected chi connectivity index (χ4v) is 2.73. The molecule has 0 spiro atoms. The van der Waals surface area contributed by atoms with Gasteiger partial charge >= 0.3 is 0 Å². The summed E-state index contributed by atoms with van der Waals surface area (Å²) in [5.41, 5.74) is 3.05. The van der Waals surface area contributed by atoms with Crippen LogP contribution >= 0.6 is 0 Å². The van der Waals surface area contributed by atoms with Crippen LogP contribution in [0.5, 0.6) is 5.75 Å². The predicted molar refractivity (Wildman–Crippen MR) is 113 cm³/mol. The minimum Gasteiger partial charge on any atom is -0.480 e. The van der Waals surface area contributed by atoms with Gasteiger partial charge in [0.2, 0.25) is 0 Å². The molecule has 2 N–H and O–H groups in total. The summed E-state index contributed by atoms with van der Waals surface area (Å²) >= 11 is 0. The van der Waals surface area contributed by atoms with Gasteiger partial charge in [-0.1, -0.05) is 38.1 Å². The quantitative estimate of drug-likeness (QED) is 0.699. The second-order valence-corrected chi connectivity index (χ2v) is 7.03. The standard InChI is InChI=1S/C23H30N2O3/c1-6-16(4)24-22(26)18-12-8-9-13-19(18)25-23(27)20(7-2)28-21-14-10-11-15(3)17(21)5/h8-14,16,20H,6-7H2,1-5H3,(H,24,26)(H,25,27)/t16-,20+/m0/s1. The lowest BCUT2D eigenvalue weighted by molar-refractivity contribution is -0.122. The smallest absolute Gasteiger partial charge is 0.265 e. The SMILES string of the molecule is CC[C@H](C)NC(=O)c1ccccc1NC(=O)[C@@H](CC)Oc1cccc(C)c1C. The Labute approximate surface area is 167 Å². The van der Waals surface area contributed by atoms with Crippen molar-refractivity contribution in [2.75, 3.05) is 5.32 Å². The molecular weight excluding hydrogens is 352 g/mol. The Bertz CT molecular complexity index is 832. The monoisotopic (exact) mass is 382 g/mol. The summed E-state index contributed by atoms with van der Waals surface area (Å²) < 4.78 is 5.98. The van der Waals surface area contributed by atoms with E-state index in [-0.39, 0.29) is 17.9 Å². The summed E-state index contributed by atoms with van der Waals surface area (Å²) in [5.74, 6) is 0.228. The highest BCUT2D eigenvalue weighted by Gasteiger charge is 2.22. The van der Waals surface area contributed by atoms with Crippen LogP contribution in [-0.4, -0.2) is 24.0 Å². The van der Waals surface area contributed by atoms with Crippen molar-refractivity contribution in [3.63, 3.8) is 0 Å². The van der Waals surface area contributed by atoms with Crippen molar-refractivity contribution < 1.29 is 14.3 Å². The molecule has 0 heterocycles. The maximum absolute atomic E-state index is 12.8. The van der Waals surface area contributed by atoms with Gasteiger partial charge < -0.3 is 15.4 Å². The first-order valence-electron chi connectivity index (χ1n) is 9.80. The van der Waals surface area contributed by atoms with E-state index in [9.17, 15) is 9.59 Å². The molecule has 5 heteroatoms. The van der Waals surface area contributed by atoms with Gasteiger partial charge in [-0.25, -0.2) is 0 Å². The van der Waals surface area contributed by atoms with Crippen molar-refractivity contribution in [2.24, 2.45) is 0 Å². The van der Waals surface area contributed by atoms with E-state index in [1.165, 1.54) is 0 Å². The lowest BCUT2D eigenvalue weighted by Gasteiger charge is -2.20. The van der Waals surface area contributed by atoms with Crippen molar-refractivity contribution in [2.45, 2.75) is 59.6 Å². The first-order chi connectivity index (χ1) is 13.4. The highest BCUT2D eigenvalue weighted by molar-refractivity contribution is 6.04. The van der Waals surface area contributed by atoms with Gasteiger partial charge in [-0.15, -0.1) is 0 Å². The molecule has 2 aromatic carbocycles. The third-order valence-electron chi connectivity index (χ3n) is 4.91. The average molecular weight is 383 g/mol. The van der Waals surface area contributed by atoms with Gasteiger partial charge in [0.05, 0.1) is 11.3 Å². The molecule has 5 nitrogen and oxygen atoms in total. The Morgan fingerprint density at radius 2 is 1.71 bits per heavy atom. The second kappa shape index (κ2) is 9.93. The first kappa shape index (κ1) is 21.5. The number of aryl methyl sites for hydroxylation is 1. The lowest BCUT2D eigenvalue weighted by Crippen LogP contribution is -2.35. The Hall–Kier alpha value is -2.82. The van der Waals surface area contributed by atoms with E-state index >= 15 is 0 Å². The molecule has 0 aromatic heterocycles. The molecule has 0 fully saturated rings. The third kappa shape index (κ3) is 5.35. The molecule has 0 aliphatic rings. The first-order valence-corrected chi connectivity index (χ1v) is 9.80. The maximum Gasteiger partial charge on any atom is 0.265 e. The molecule has 150 valence electrons. The van der Waals surface area contributed by atoms with Crippen LogP contribution in [-0.2, 0) is 4.79 Å². The van der Waals surface area contributed by atoms with E-state index in [0.717, 1.165) is 17.5 Å². The van der Waals surface area contributed by atoms with E-state index < -0.39 is 6.10 Å². The van der Waals surface area contributed by atoms with Crippen molar-refractivity contribution >= 4 is 17.5 Å². The zero-order valence-corrected chi connectivity index (χ0v) is 17.3. The molecule has 0 bridgehead atoms. The molecule has 2 amide bonds. The number of para-hydroxylation sites is 1. The van der Waals surface area contributed by atoms with E-state index in [0.29, 0.717) is 23.4 Å². The van der Waals surface area contributed by atoms with Crippen molar-refractivity contribution in [1.29, 1.82) is 0 Å². The molecule has 0 aliphatic carbocycles. The number of rotatable bonds is 8. The van der Waals surface area contributed by atoms with Gasteiger partial charge in [0, 0.05) is 6.04 Å². The number of hydrogen-bond acceptors (Lipinski definition) is 3. The summed E-state index contributed by atoms with van der Waals surface area (Å²) in [4.78, 5) is 25.4.